The van der Waals surface area contributed by atoms with Crippen LogP contribution in [0.4, 0.5) is 10.6 Å². The summed E-state index contributed by atoms with van der Waals surface area (Å²) in [7, 11) is 0. The number of hydrogen-bond donors (Lipinski definition) is 2. The van der Waals surface area contributed by atoms with Crippen molar-refractivity contribution in [2.24, 2.45) is 17.8 Å². The zero-order chi connectivity index (χ0) is 12.4. The normalized spacial score (nSPS) is 29.2. The van der Waals surface area contributed by atoms with Gasteiger partial charge in [-0.1, -0.05) is 17.3 Å². The van der Waals surface area contributed by atoms with Crippen molar-refractivity contribution < 1.29 is 9.32 Å². The van der Waals surface area contributed by atoms with Gasteiger partial charge in [-0.25, -0.2) is 4.79 Å². The number of urea groups is 1. The second kappa shape index (κ2) is 4.84. The van der Waals surface area contributed by atoms with Gasteiger partial charge in [0.25, 0.3) is 0 Å². The highest BCUT2D eigenvalue weighted by atomic mass is 16.5. The Hall–Kier alpha value is -1.78. The molecular formula is C13H17N3O2. The molecule has 1 heterocycles. The van der Waals surface area contributed by atoms with E-state index in [0.29, 0.717) is 17.7 Å². The Kier molecular flexibility index (Phi) is 3.04. The third kappa shape index (κ3) is 2.39. The van der Waals surface area contributed by atoms with Crippen LogP contribution in [0.1, 0.15) is 19.3 Å². The predicted molar refractivity (Wildman–Crippen MR) is 67.0 cm³/mol. The van der Waals surface area contributed by atoms with Gasteiger partial charge in [0.1, 0.15) is 6.26 Å². The monoisotopic (exact) mass is 247 g/mol. The number of nitrogens with one attached hydrogen (secondary N) is 2. The largest absolute Gasteiger partial charge is 0.363 e. The molecule has 3 aliphatic rings. The molecule has 0 aliphatic heterocycles. The summed E-state index contributed by atoms with van der Waals surface area (Å²) < 4.78 is 4.65. The Morgan fingerprint density at radius 2 is 2.39 bits per heavy atom. The lowest BCUT2D eigenvalue weighted by Crippen LogP contribution is -2.39. The summed E-state index contributed by atoms with van der Waals surface area (Å²) in [6.45, 7) is 0.731. The number of hydrogen-bond acceptors (Lipinski definition) is 3. The van der Waals surface area contributed by atoms with Crippen molar-refractivity contribution in [3.8, 4) is 0 Å². The molecular weight excluding hydrogens is 230 g/mol. The van der Waals surface area contributed by atoms with Crippen molar-refractivity contribution in [3.05, 3.63) is 24.5 Å². The van der Waals surface area contributed by atoms with Crippen molar-refractivity contribution in [2.75, 3.05) is 11.9 Å². The second-order valence-electron chi connectivity index (χ2n) is 5.10. The molecule has 1 aromatic rings. The molecule has 3 atom stereocenters. The Morgan fingerprint density at radius 1 is 1.44 bits per heavy atom. The zero-order valence-corrected chi connectivity index (χ0v) is 10.1. The summed E-state index contributed by atoms with van der Waals surface area (Å²) in [5.74, 6) is 2.39. The molecule has 2 N–H and O–H groups in total. The molecule has 18 heavy (non-hydrogen) atoms. The smallest absolute Gasteiger partial charge is 0.320 e. The van der Waals surface area contributed by atoms with Crippen LogP contribution in [-0.4, -0.2) is 17.7 Å². The first kappa shape index (κ1) is 11.3. The van der Waals surface area contributed by atoms with Crippen LogP contribution in [-0.2, 0) is 0 Å². The van der Waals surface area contributed by atoms with Gasteiger partial charge in [0, 0.05) is 12.6 Å². The standard InChI is InChI=1S/C13H17N3O2/c17-13(15-12-5-6-18-16-12)14-8-11-7-9-1-3-10(11)4-2-9/h1,3,5-6,9-11H,2,4,7-8H2,(H2,14,15,16,17). The van der Waals surface area contributed by atoms with Crippen molar-refractivity contribution in [1.29, 1.82) is 0 Å². The molecule has 5 heteroatoms. The zero-order valence-electron chi connectivity index (χ0n) is 10.1. The predicted octanol–water partition coefficient (Wildman–Crippen LogP) is 2.40. The van der Waals surface area contributed by atoms with Gasteiger partial charge in [-0.15, -0.1) is 0 Å². The Morgan fingerprint density at radius 3 is 3.00 bits per heavy atom. The number of carbonyl (C=O) groups is 1. The third-order valence-corrected chi connectivity index (χ3v) is 3.92. The lowest BCUT2D eigenvalue weighted by molar-refractivity contribution is 0.211. The van der Waals surface area contributed by atoms with Crippen molar-refractivity contribution in [2.45, 2.75) is 19.3 Å². The SMILES string of the molecule is O=C(NCC1CC2C=CC1CC2)Nc1ccon1. The van der Waals surface area contributed by atoms with Gasteiger partial charge in [0.2, 0.25) is 0 Å². The van der Waals surface area contributed by atoms with Gasteiger partial charge in [-0.2, -0.15) is 0 Å². The topological polar surface area (TPSA) is 67.2 Å². The van der Waals surface area contributed by atoms with Crippen LogP contribution in [0, 0.1) is 17.8 Å². The first-order valence-electron chi connectivity index (χ1n) is 6.45. The molecule has 0 saturated heterocycles. The summed E-state index contributed by atoms with van der Waals surface area (Å²) in [5, 5.41) is 9.17. The molecule has 1 fully saturated rings. The van der Waals surface area contributed by atoms with Crippen LogP contribution < -0.4 is 10.6 Å². The van der Waals surface area contributed by atoms with Gasteiger partial charge >= 0.3 is 6.03 Å². The minimum Gasteiger partial charge on any atom is -0.363 e. The van der Waals surface area contributed by atoms with E-state index in [0.717, 1.165) is 12.5 Å². The highest BCUT2D eigenvalue weighted by Crippen LogP contribution is 2.39. The molecule has 4 rings (SSSR count). The second-order valence-corrected chi connectivity index (χ2v) is 5.10. The number of nitrogens with zero attached hydrogens (tertiary/aromatic N) is 1. The van der Waals surface area contributed by atoms with E-state index in [1.165, 1.54) is 25.5 Å². The number of amides is 2. The van der Waals surface area contributed by atoms with Crippen LogP contribution in [0.15, 0.2) is 29.0 Å². The maximum absolute atomic E-state index is 11.6. The fourth-order valence-corrected chi connectivity index (χ4v) is 2.95. The molecule has 2 amide bonds. The van der Waals surface area contributed by atoms with E-state index >= 15 is 0 Å². The molecule has 0 radical (unpaired) electrons. The average molecular weight is 247 g/mol. The molecule has 2 bridgehead atoms. The van der Waals surface area contributed by atoms with E-state index in [9.17, 15) is 4.79 Å². The van der Waals surface area contributed by atoms with Crippen molar-refractivity contribution in [3.63, 3.8) is 0 Å². The summed E-state index contributed by atoms with van der Waals surface area (Å²) in [6.07, 6.45) is 9.85. The van der Waals surface area contributed by atoms with E-state index < -0.39 is 0 Å². The average Bonchev–Trinajstić information content (AvgIpc) is 2.91. The number of fused-ring (bicyclic) bond motifs is 2. The third-order valence-electron chi connectivity index (χ3n) is 3.92. The quantitative estimate of drug-likeness (QED) is 0.806. The molecule has 0 spiro atoms. The molecule has 0 aromatic carbocycles. The van der Waals surface area contributed by atoms with E-state index in [1.807, 2.05) is 0 Å². The lowest BCUT2D eigenvalue weighted by Gasteiger charge is -2.38. The molecule has 5 nitrogen and oxygen atoms in total. The number of allylic oxidation sites excluding steroid dienone is 2. The lowest BCUT2D eigenvalue weighted by atomic mass is 9.69. The maximum atomic E-state index is 11.6. The van der Waals surface area contributed by atoms with E-state index in [4.69, 9.17) is 0 Å². The van der Waals surface area contributed by atoms with E-state index in [-0.39, 0.29) is 6.03 Å². The summed E-state index contributed by atoms with van der Waals surface area (Å²) >= 11 is 0. The van der Waals surface area contributed by atoms with Crippen molar-refractivity contribution in [1.82, 2.24) is 10.5 Å². The molecule has 1 saturated carbocycles. The first-order valence-corrected chi connectivity index (χ1v) is 6.45. The van der Waals surface area contributed by atoms with Gasteiger partial charge in [0.15, 0.2) is 5.82 Å². The fraction of sp³-hybridized carbons (Fsp3) is 0.538. The van der Waals surface area contributed by atoms with Gasteiger partial charge in [-0.05, 0) is 37.0 Å². The minimum atomic E-state index is -0.214. The molecule has 96 valence electrons. The minimum absolute atomic E-state index is 0.214. The Labute approximate surface area is 106 Å². The summed E-state index contributed by atoms with van der Waals surface area (Å²) in [5.41, 5.74) is 0. The fourth-order valence-electron chi connectivity index (χ4n) is 2.95. The molecule has 3 unspecified atom stereocenters. The highest BCUT2D eigenvalue weighted by Gasteiger charge is 2.31. The number of carbonyl (C=O) groups excluding carboxylic acids is 1. The Bertz CT molecular complexity index is 441. The summed E-state index contributed by atoms with van der Waals surface area (Å²) in [4.78, 5) is 11.6. The van der Waals surface area contributed by atoms with E-state index in [2.05, 4.69) is 32.5 Å². The van der Waals surface area contributed by atoms with Crippen LogP contribution in [0.5, 0.6) is 0 Å². The summed E-state index contributed by atoms with van der Waals surface area (Å²) in [6, 6.07) is 1.40. The van der Waals surface area contributed by atoms with Crippen LogP contribution in [0.2, 0.25) is 0 Å². The van der Waals surface area contributed by atoms with Gasteiger partial charge in [0.05, 0.1) is 0 Å². The van der Waals surface area contributed by atoms with Crippen LogP contribution >= 0.6 is 0 Å². The molecule has 1 aromatic heterocycles. The van der Waals surface area contributed by atoms with E-state index in [1.54, 1.807) is 6.07 Å². The maximum Gasteiger partial charge on any atom is 0.320 e. The number of anilines is 1. The highest BCUT2D eigenvalue weighted by molar-refractivity contribution is 5.87. The number of aromatic nitrogens is 1. The van der Waals surface area contributed by atoms with Crippen LogP contribution in [0.3, 0.4) is 0 Å². The van der Waals surface area contributed by atoms with Gasteiger partial charge < -0.3 is 9.84 Å². The number of rotatable bonds is 3. The first-order chi connectivity index (χ1) is 8.81. The molecule has 3 aliphatic carbocycles. The van der Waals surface area contributed by atoms with Crippen LogP contribution in [0.25, 0.3) is 0 Å². The Balaban J connectivity index is 1.47. The van der Waals surface area contributed by atoms with Crippen molar-refractivity contribution >= 4 is 11.8 Å². The van der Waals surface area contributed by atoms with Gasteiger partial charge in [-0.3, -0.25) is 5.32 Å².